The number of hydrogen-bond acceptors (Lipinski definition) is 13. The minimum Gasteiger partial charge on any atom is -0.478 e. The molecule has 0 spiro atoms. The van der Waals surface area contributed by atoms with E-state index in [1.807, 2.05) is 34.5 Å². The van der Waals surface area contributed by atoms with E-state index in [4.69, 9.17) is 10.6 Å². The Kier molecular flexibility index (Phi) is 8.45. The predicted molar refractivity (Wildman–Crippen MR) is 162 cm³/mol. The summed E-state index contributed by atoms with van der Waals surface area (Å²) in [6.07, 6.45) is 3.75. The quantitative estimate of drug-likeness (QED) is 0.0468. The van der Waals surface area contributed by atoms with E-state index in [2.05, 4.69) is 25.8 Å². The number of thioether (sulfide) groups is 2. The number of hydrogen-bond donors (Lipinski definition) is 5. The number of thiazole rings is 1. The second kappa shape index (κ2) is 12.0. The van der Waals surface area contributed by atoms with Crippen LogP contribution in [0.2, 0.25) is 0 Å². The van der Waals surface area contributed by atoms with E-state index in [0.29, 0.717) is 22.3 Å². The summed E-state index contributed by atoms with van der Waals surface area (Å²) < 4.78 is 3.82. The number of nitrogens with two attached hydrogens (primary N) is 1. The molecule has 5 rings (SSSR count). The molecular weight excluding hydrogens is 635 g/mol. The van der Waals surface area contributed by atoms with Crippen molar-refractivity contribution in [1.82, 2.24) is 24.6 Å². The lowest BCUT2D eigenvalue weighted by Crippen LogP contribution is -2.71. The van der Waals surface area contributed by atoms with Crippen molar-refractivity contribution in [2.45, 2.75) is 36.0 Å². The topological polar surface area (TPSA) is 218 Å². The SMILES string of the molecule is CNc1cc2n(cc[n+]2C)c(SCC2=C(C(=O)O)N3C(=O)C(NC(=O)/C(=N\OC(C)(C)C(=O)O)c4csc(N)n4)C3SC2)n1. The minimum atomic E-state index is -1.76. The third kappa shape index (κ3) is 5.76. The lowest BCUT2D eigenvalue weighted by molar-refractivity contribution is -0.644. The highest BCUT2D eigenvalue weighted by molar-refractivity contribution is 8.01. The molecule has 0 aliphatic carbocycles. The normalized spacial score (nSPS) is 18.6. The number of carboxylic acids is 2. The molecule has 16 nitrogen and oxygen atoms in total. The zero-order valence-corrected chi connectivity index (χ0v) is 26.2. The van der Waals surface area contributed by atoms with Gasteiger partial charge in [0.2, 0.25) is 5.60 Å². The molecule has 3 aromatic rings. The molecule has 3 aromatic heterocycles. The van der Waals surface area contributed by atoms with Crippen molar-refractivity contribution in [2.24, 2.45) is 12.2 Å². The maximum atomic E-state index is 13.3. The van der Waals surface area contributed by atoms with Crippen LogP contribution in [0.5, 0.6) is 0 Å². The van der Waals surface area contributed by atoms with Crippen LogP contribution < -0.4 is 20.9 Å². The van der Waals surface area contributed by atoms with Gasteiger partial charge < -0.3 is 31.4 Å². The Morgan fingerprint density at radius 3 is 2.70 bits per heavy atom. The summed E-state index contributed by atoms with van der Waals surface area (Å²) in [7, 11) is 3.66. The predicted octanol–water partition coefficient (Wildman–Crippen LogP) is 0.354. The lowest BCUT2D eigenvalue weighted by Gasteiger charge is -2.49. The highest BCUT2D eigenvalue weighted by Crippen LogP contribution is 2.41. The van der Waals surface area contributed by atoms with Crippen molar-refractivity contribution >= 4 is 80.9 Å². The minimum absolute atomic E-state index is 0.0258. The number of fused-ring (bicyclic) bond motifs is 2. The largest absolute Gasteiger partial charge is 0.478 e. The number of oxime groups is 1. The third-order valence-electron chi connectivity index (χ3n) is 6.76. The van der Waals surface area contributed by atoms with Crippen molar-refractivity contribution in [2.75, 3.05) is 29.6 Å². The van der Waals surface area contributed by atoms with Gasteiger partial charge in [0.05, 0.1) is 13.1 Å². The molecule has 1 saturated heterocycles. The second-order valence-electron chi connectivity index (χ2n) is 10.1. The number of carbonyl (C=O) groups excluding carboxylic acids is 2. The first-order valence-corrected chi connectivity index (χ1v) is 15.8. The van der Waals surface area contributed by atoms with Gasteiger partial charge in [-0.15, -0.1) is 23.1 Å². The van der Waals surface area contributed by atoms with Crippen molar-refractivity contribution < 1.29 is 38.8 Å². The smallest absolute Gasteiger partial charge is 0.352 e. The first-order valence-electron chi connectivity index (χ1n) is 12.9. The second-order valence-corrected chi connectivity index (χ2v) is 13.1. The van der Waals surface area contributed by atoms with E-state index in [-0.39, 0.29) is 28.0 Å². The molecule has 19 heteroatoms. The Hall–Kier alpha value is -4.36. The van der Waals surface area contributed by atoms with Crippen LogP contribution in [0.25, 0.3) is 5.65 Å². The molecule has 2 atom stereocenters. The highest BCUT2D eigenvalue weighted by Gasteiger charge is 2.54. The van der Waals surface area contributed by atoms with Gasteiger partial charge in [-0.25, -0.2) is 19.1 Å². The van der Waals surface area contributed by atoms with Crippen LogP contribution in [0.4, 0.5) is 10.9 Å². The number of nitrogens with one attached hydrogen (secondary N) is 2. The molecule has 2 amide bonds. The average Bonchev–Trinajstić information content (AvgIpc) is 3.58. The number of anilines is 2. The fourth-order valence-corrected chi connectivity index (χ4v) is 7.34. The summed E-state index contributed by atoms with van der Waals surface area (Å²) in [6.45, 7) is 2.50. The number of carbonyl (C=O) groups is 4. The van der Waals surface area contributed by atoms with Gasteiger partial charge in [0, 0.05) is 23.9 Å². The van der Waals surface area contributed by atoms with Gasteiger partial charge in [0.15, 0.2) is 10.8 Å². The van der Waals surface area contributed by atoms with E-state index in [1.54, 1.807) is 7.05 Å². The summed E-state index contributed by atoms with van der Waals surface area (Å²) in [5.74, 6) is -2.85. The van der Waals surface area contributed by atoms with Crippen LogP contribution in [0, 0.1) is 0 Å². The van der Waals surface area contributed by atoms with Crippen molar-refractivity contribution in [3.8, 4) is 0 Å². The van der Waals surface area contributed by atoms with E-state index in [9.17, 15) is 29.4 Å². The van der Waals surface area contributed by atoms with E-state index < -0.39 is 40.8 Å². The van der Waals surface area contributed by atoms with Gasteiger partial charge in [0.25, 0.3) is 22.6 Å². The first-order chi connectivity index (χ1) is 20.8. The summed E-state index contributed by atoms with van der Waals surface area (Å²) in [6, 6.07) is 0.817. The Morgan fingerprint density at radius 1 is 1.32 bits per heavy atom. The van der Waals surface area contributed by atoms with Crippen LogP contribution in [0.3, 0.4) is 0 Å². The first kappa shape index (κ1) is 31.1. The van der Waals surface area contributed by atoms with Crippen molar-refractivity contribution in [3.05, 3.63) is 40.8 Å². The maximum absolute atomic E-state index is 13.3. The van der Waals surface area contributed by atoms with Gasteiger partial charge in [-0.2, -0.15) is 9.38 Å². The molecule has 5 heterocycles. The van der Waals surface area contributed by atoms with E-state index in [0.717, 1.165) is 17.0 Å². The van der Waals surface area contributed by atoms with Gasteiger partial charge >= 0.3 is 11.9 Å². The number of aromatic nitrogens is 4. The number of amides is 2. The molecule has 0 aromatic carbocycles. The number of imidazole rings is 1. The molecule has 44 heavy (non-hydrogen) atoms. The van der Waals surface area contributed by atoms with Gasteiger partial charge in [-0.1, -0.05) is 16.9 Å². The Morgan fingerprint density at radius 2 is 2.07 bits per heavy atom. The van der Waals surface area contributed by atoms with Crippen LogP contribution in [0.1, 0.15) is 19.5 Å². The standard InChI is InChI=1S/C25H27N9O7S3/c1-25(2,22(39)40)41-31-15(12-10-43-23(26)28-12)18(35)30-16-19(36)34-17(21(37)38)11(8-42-20(16)34)9-44-24-29-13(27-3)7-14-32(4)5-6-33(14)24/h5-7,10,16,20H,8-9H2,1-4H3,(H5,26,28,30,35,37,38,39,40)/p+1/b31-15-. The average molecular weight is 663 g/mol. The monoisotopic (exact) mass is 662 g/mol. The Labute approximate surface area is 262 Å². The zero-order chi connectivity index (χ0) is 31.9. The van der Waals surface area contributed by atoms with Crippen LogP contribution in [-0.2, 0) is 31.1 Å². The summed E-state index contributed by atoms with van der Waals surface area (Å²) in [4.78, 5) is 65.4. The molecule has 2 aliphatic heterocycles. The Bertz CT molecular complexity index is 1750. The number of aryl methyl sites for hydroxylation is 1. The summed E-state index contributed by atoms with van der Waals surface area (Å²) in [5, 5.41) is 30.3. The number of aliphatic carboxylic acids is 2. The number of nitrogen functional groups attached to an aromatic ring is 1. The summed E-state index contributed by atoms with van der Waals surface area (Å²) >= 11 is 3.68. The van der Waals surface area contributed by atoms with E-state index in [1.165, 1.54) is 47.7 Å². The molecular formula is C25H28N9O7S3+. The molecule has 232 valence electrons. The molecule has 6 N–H and O–H groups in total. The number of β-lactam (4-membered cyclic amide) rings is 1. The van der Waals surface area contributed by atoms with Gasteiger partial charge in [0.1, 0.15) is 41.0 Å². The molecule has 0 saturated carbocycles. The van der Waals surface area contributed by atoms with Crippen LogP contribution in [0.15, 0.2) is 45.4 Å². The molecule has 0 radical (unpaired) electrons. The maximum Gasteiger partial charge on any atom is 0.352 e. The number of carboxylic acid groups (broad SMARTS) is 2. The summed E-state index contributed by atoms with van der Waals surface area (Å²) in [5.41, 5.74) is 4.87. The van der Waals surface area contributed by atoms with Crippen LogP contribution >= 0.6 is 34.9 Å². The number of nitrogens with zero attached hydrogens (tertiary/aromatic N) is 6. The third-order valence-corrected chi connectivity index (χ3v) is 9.82. The van der Waals surface area contributed by atoms with Gasteiger partial charge in [-0.3, -0.25) is 14.5 Å². The van der Waals surface area contributed by atoms with Crippen molar-refractivity contribution in [1.29, 1.82) is 0 Å². The van der Waals surface area contributed by atoms with E-state index >= 15 is 0 Å². The zero-order valence-electron chi connectivity index (χ0n) is 23.8. The lowest BCUT2D eigenvalue weighted by atomic mass is 10.0. The van der Waals surface area contributed by atoms with Gasteiger partial charge in [-0.05, 0) is 19.4 Å². The highest BCUT2D eigenvalue weighted by atomic mass is 32.2. The Balaban J connectivity index is 1.35. The fraction of sp³-hybridized carbons (Fsp3) is 0.360. The van der Waals surface area contributed by atoms with Crippen molar-refractivity contribution in [3.63, 3.8) is 0 Å². The molecule has 0 bridgehead atoms. The molecule has 1 fully saturated rings. The molecule has 2 aliphatic rings. The van der Waals surface area contributed by atoms with Crippen LogP contribution in [-0.4, -0.2) is 94.5 Å². The molecule has 2 unspecified atom stereocenters. The fourth-order valence-electron chi connectivity index (χ4n) is 4.32. The number of rotatable bonds is 11.